The Morgan fingerprint density at radius 2 is 1.94 bits per heavy atom. The van der Waals surface area contributed by atoms with Crippen LogP contribution in [0.1, 0.15) is 12.5 Å². The highest BCUT2D eigenvalue weighted by molar-refractivity contribution is 8.18. The van der Waals surface area contributed by atoms with Gasteiger partial charge in [0.05, 0.1) is 30.9 Å². The molecule has 3 rings (SSSR count). The minimum Gasteiger partial charge on any atom is -0.493 e. The van der Waals surface area contributed by atoms with Crippen LogP contribution in [-0.4, -0.2) is 60.5 Å². The molecular weight excluding hydrogens is 432 g/mol. The van der Waals surface area contributed by atoms with Gasteiger partial charge in [-0.25, -0.2) is 9.79 Å². The average molecular weight is 457 g/mol. The van der Waals surface area contributed by atoms with Gasteiger partial charge in [0.25, 0.3) is 5.91 Å². The fraction of sp³-hybridized carbons (Fsp3) is 0.261. The Morgan fingerprint density at radius 1 is 1.19 bits per heavy atom. The quantitative estimate of drug-likeness (QED) is 0.573. The van der Waals surface area contributed by atoms with Gasteiger partial charge in [0.2, 0.25) is 0 Å². The van der Waals surface area contributed by atoms with Crippen LogP contribution < -0.4 is 9.47 Å². The molecule has 0 aromatic heterocycles. The zero-order chi connectivity index (χ0) is 23.1. The summed E-state index contributed by atoms with van der Waals surface area (Å²) in [6.45, 7) is 2.21. The van der Waals surface area contributed by atoms with Crippen molar-refractivity contribution in [3.8, 4) is 11.5 Å². The second-order valence-electron chi connectivity index (χ2n) is 6.80. The number of amidine groups is 1. The molecule has 1 fully saturated rings. The largest absolute Gasteiger partial charge is 0.493 e. The molecule has 2 aromatic carbocycles. The number of aliphatic imine (C=N–C) groups is 1. The molecule has 1 aliphatic rings. The molecule has 0 spiro atoms. The number of rotatable bonds is 9. The first kappa shape index (κ1) is 23.4. The number of carboxylic acids is 1. The fourth-order valence-electron chi connectivity index (χ4n) is 2.85. The van der Waals surface area contributed by atoms with Gasteiger partial charge in [-0.05, 0) is 54.6 Å². The number of para-hydroxylation sites is 1. The van der Waals surface area contributed by atoms with Gasteiger partial charge in [0.15, 0.2) is 22.8 Å². The predicted molar refractivity (Wildman–Crippen MR) is 123 cm³/mol. The van der Waals surface area contributed by atoms with E-state index in [4.69, 9.17) is 19.3 Å². The third-order valence-corrected chi connectivity index (χ3v) is 5.53. The van der Waals surface area contributed by atoms with E-state index in [1.54, 1.807) is 36.3 Å². The second kappa shape index (κ2) is 10.8. The van der Waals surface area contributed by atoms with Gasteiger partial charge in [0, 0.05) is 7.11 Å². The number of aliphatic carboxylic acids is 1. The Hall–Kier alpha value is -3.30. The molecule has 1 heterocycles. The van der Waals surface area contributed by atoms with Crippen LogP contribution in [0.2, 0.25) is 0 Å². The third kappa shape index (κ3) is 5.68. The molecule has 32 heavy (non-hydrogen) atoms. The van der Waals surface area contributed by atoms with Gasteiger partial charge >= 0.3 is 5.97 Å². The zero-order valence-electron chi connectivity index (χ0n) is 18.0. The number of nitrogens with zero attached hydrogens (tertiary/aromatic N) is 2. The van der Waals surface area contributed by atoms with E-state index < -0.39 is 12.1 Å². The van der Waals surface area contributed by atoms with Gasteiger partial charge in [-0.15, -0.1) is 0 Å². The highest BCUT2D eigenvalue weighted by Gasteiger charge is 2.33. The van der Waals surface area contributed by atoms with Gasteiger partial charge < -0.3 is 19.3 Å². The number of hydrogen-bond donors (Lipinski definition) is 1. The maximum Gasteiger partial charge on any atom is 0.344 e. The Bertz CT molecular complexity index is 1040. The highest BCUT2D eigenvalue weighted by atomic mass is 32.2. The minimum absolute atomic E-state index is 0.166. The number of benzene rings is 2. The number of carbonyl (C=O) groups is 2. The average Bonchev–Trinajstić information content (AvgIpc) is 3.07. The van der Waals surface area contributed by atoms with Crippen molar-refractivity contribution in [1.29, 1.82) is 0 Å². The Balaban J connectivity index is 1.89. The van der Waals surface area contributed by atoms with Gasteiger partial charge in [-0.2, -0.15) is 0 Å². The van der Waals surface area contributed by atoms with E-state index >= 15 is 0 Å². The van der Waals surface area contributed by atoms with E-state index in [1.807, 2.05) is 30.3 Å². The molecule has 1 saturated heterocycles. The van der Waals surface area contributed by atoms with Crippen LogP contribution in [0.15, 0.2) is 58.4 Å². The summed E-state index contributed by atoms with van der Waals surface area (Å²) in [5, 5.41) is 9.63. The molecule has 0 radical (unpaired) electrons. The van der Waals surface area contributed by atoms with Crippen LogP contribution in [0.25, 0.3) is 6.08 Å². The van der Waals surface area contributed by atoms with Crippen LogP contribution >= 0.6 is 11.8 Å². The molecular formula is C23H24N2O6S. The lowest BCUT2D eigenvalue weighted by molar-refractivity contribution is -0.144. The number of hydrogen-bond acceptors (Lipinski definition) is 7. The summed E-state index contributed by atoms with van der Waals surface area (Å²) in [4.78, 5) is 30.8. The van der Waals surface area contributed by atoms with Crippen molar-refractivity contribution in [3.05, 3.63) is 59.0 Å². The van der Waals surface area contributed by atoms with Crippen molar-refractivity contribution < 1.29 is 28.9 Å². The molecule has 1 unspecified atom stereocenters. The van der Waals surface area contributed by atoms with Crippen molar-refractivity contribution in [2.24, 2.45) is 4.99 Å². The first-order chi connectivity index (χ1) is 15.4. The topological polar surface area (TPSA) is 97.7 Å². The molecule has 0 bridgehead atoms. The summed E-state index contributed by atoms with van der Waals surface area (Å²) < 4.78 is 15.9. The molecule has 1 amide bonds. The molecule has 1 aliphatic heterocycles. The van der Waals surface area contributed by atoms with Crippen molar-refractivity contribution in [2.75, 3.05) is 27.4 Å². The lowest BCUT2D eigenvalue weighted by Crippen LogP contribution is -2.32. The summed E-state index contributed by atoms with van der Waals surface area (Å²) in [7, 11) is 3.05. The predicted octanol–water partition coefficient (Wildman–Crippen LogP) is 3.80. The van der Waals surface area contributed by atoms with Crippen LogP contribution in [0.3, 0.4) is 0 Å². The number of amides is 1. The first-order valence-electron chi connectivity index (χ1n) is 9.84. The fourth-order valence-corrected chi connectivity index (χ4v) is 3.87. The molecule has 0 aliphatic carbocycles. The van der Waals surface area contributed by atoms with E-state index in [-0.39, 0.29) is 5.91 Å². The van der Waals surface area contributed by atoms with Crippen molar-refractivity contribution >= 4 is 40.6 Å². The SMILES string of the molecule is COCCN1C(=O)/C(=C\c2ccc(OC(C)C(=O)O)c(OC)c2)SC1=Nc1ccccc1. The molecule has 1 N–H and O–H groups in total. The number of carbonyl (C=O) groups excluding carboxylic acids is 1. The first-order valence-corrected chi connectivity index (χ1v) is 10.7. The smallest absolute Gasteiger partial charge is 0.344 e. The van der Waals surface area contributed by atoms with Gasteiger partial charge in [-0.1, -0.05) is 24.3 Å². The summed E-state index contributed by atoms with van der Waals surface area (Å²) in [5.41, 5.74) is 1.46. The lowest BCUT2D eigenvalue weighted by atomic mass is 10.2. The van der Waals surface area contributed by atoms with Crippen molar-refractivity contribution in [1.82, 2.24) is 4.90 Å². The zero-order valence-corrected chi connectivity index (χ0v) is 18.8. The molecule has 0 saturated carbocycles. The van der Waals surface area contributed by atoms with Crippen molar-refractivity contribution in [3.63, 3.8) is 0 Å². The molecule has 168 valence electrons. The second-order valence-corrected chi connectivity index (χ2v) is 7.81. The third-order valence-electron chi connectivity index (χ3n) is 4.52. The Kier molecular flexibility index (Phi) is 7.91. The van der Waals surface area contributed by atoms with E-state index in [0.717, 1.165) is 5.69 Å². The van der Waals surface area contributed by atoms with Gasteiger partial charge in [-0.3, -0.25) is 9.69 Å². The molecule has 8 nitrogen and oxygen atoms in total. The van der Waals surface area contributed by atoms with E-state index in [0.29, 0.717) is 40.3 Å². The molecule has 2 aromatic rings. The van der Waals surface area contributed by atoms with Crippen LogP contribution in [0.4, 0.5) is 5.69 Å². The minimum atomic E-state index is -1.08. The maximum absolute atomic E-state index is 13.0. The number of thioether (sulfide) groups is 1. The summed E-state index contributed by atoms with van der Waals surface area (Å²) in [6.07, 6.45) is 0.721. The van der Waals surface area contributed by atoms with E-state index in [9.17, 15) is 9.59 Å². The van der Waals surface area contributed by atoms with Crippen LogP contribution in [-0.2, 0) is 14.3 Å². The maximum atomic E-state index is 13.0. The summed E-state index contributed by atoms with van der Waals surface area (Å²) in [5.74, 6) is -0.562. The van der Waals surface area contributed by atoms with Crippen molar-refractivity contribution in [2.45, 2.75) is 13.0 Å². The standard InChI is InChI=1S/C23H24N2O6S/c1-15(22(27)28)31-18-10-9-16(13-19(18)30-3)14-20-21(26)25(11-12-29-2)23(32-20)24-17-7-5-4-6-8-17/h4-10,13-15H,11-12H2,1-3H3,(H,27,28)/b20-14+,24-23?. The Labute approximate surface area is 190 Å². The van der Waals surface area contributed by atoms with E-state index in [2.05, 4.69) is 4.99 Å². The molecule has 9 heteroatoms. The highest BCUT2D eigenvalue weighted by Crippen LogP contribution is 2.36. The summed E-state index contributed by atoms with van der Waals surface area (Å²) in [6, 6.07) is 14.5. The number of methoxy groups -OCH3 is 2. The lowest BCUT2D eigenvalue weighted by Gasteiger charge is -2.15. The molecule has 1 atom stereocenters. The Morgan fingerprint density at radius 3 is 2.59 bits per heavy atom. The van der Waals surface area contributed by atoms with Crippen LogP contribution in [0.5, 0.6) is 11.5 Å². The number of ether oxygens (including phenoxy) is 3. The monoisotopic (exact) mass is 456 g/mol. The van der Waals surface area contributed by atoms with Gasteiger partial charge in [0.1, 0.15) is 0 Å². The van der Waals surface area contributed by atoms with E-state index in [1.165, 1.54) is 25.8 Å². The number of carboxylic acid groups (broad SMARTS) is 1. The van der Waals surface area contributed by atoms with Crippen LogP contribution in [0, 0.1) is 0 Å². The normalized spacial score (nSPS) is 17.1. The summed E-state index contributed by atoms with van der Waals surface area (Å²) >= 11 is 1.28.